The van der Waals surface area contributed by atoms with Gasteiger partial charge >= 0.3 is 0 Å². The van der Waals surface area contributed by atoms with Crippen LogP contribution in [0.25, 0.3) is 5.65 Å². The number of rotatable bonds is 5. The Kier molecular flexibility index (Phi) is 5.53. The molecule has 3 aromatic heterocycles. The van der Waals surface area contributed by atoms with E-state index in [1.165, 1.54) is 0 Å². The van der Waals surface area contributed by atoms with E-state index < -0.39 is 0 Å². The number of nitrogens with one attached hydrogen (secondary N) is 1. The average molecular weight is 477 g/mol. The molecule has 0 spiro atoms. The van der Waals surface area contributed by atoms with Gasteiger partial charge < -0.3 is 5.32 Å². The summed E-state index contributed by atoms with van der Waals surface area (Å²) in [5.41, 5.74) is 4.49. The summed E-state index contributed by atoms with van der Waals surface area (Å²) in [6.07, 6.45) is 4.12. The number of halogens is 3. The van der Waals surface area contributed by atoms with E-state index in [0.29, 0.717) is 23.0 Å². The van der Waals surface area contributed by atoms with Crippen molar-refractivity contribution in [2.75, 3.05) is 5.32 Å². The third-order valence-corrected chi connectivity index (χ3v) is 5.62. The molecule has 28 heavy (non-hydrogen) atoms. The van der Waals surface area contributed by atoms with Crippen LogP contribution in [0.5, 0.6) is 0 Å². The molecule has 0 radical (unpaired) electrons. The topological polar surface area (TPSA) is 55.1 Å². The summed E-state index contributed by atoms with van der Waals surface area (Å²) in [5, 5.41) is 9.08. The summed E-state index contributed by atoms with van der Waals surface area (Å²) in [6, 6.07) is 11.5. The first-order chi connectivity index (χ1) is 13.5. The van der Waals surface area contributed by atoms with Gasteiger partial charge in [0.25, 0.3) is 0 Å². The lowest BCUT2D eigenvalue weighted by Crippen LogP contribution is -2.08. The number of benzene rings is 1. The minimum Gasteiger partial charge on any atom is -0.366 e. The highest BCUT2D eigenvalue weighted by atomic mass is 79.9. The fourth-order valence-electron chi connectivity index (χ4n) is 2.88. The molecule has 0 saturated heterocycles. The van der Waals surface area contributed by atoms with Crippen LogP contribution >= 0.6 is 39.1 Å². The molecule has 5 nitrogen and oxygen atoms in total. The van der Waals surface area contributed by atoms with Gasteiger partial charge in [-0.3, -0.25) is 4.98 Å². The molecule has 1 aromatic carbocycles. The predicted molar refractivity (Wildman–Crippen MR) is 116 cm³/mol. The van der Waals surface area contributed by atoms with E-state index in [9.17, 15) is 0 Å². The van der Waals surface area contributed by atoms with Crippen LogP contribution in [0.1, 0.15) is 22.5 Å². The molecule has 0 atom stereocenters. The molecule has 0 bridgehead atoms. The zero-order chi connectivity index (χ0) is 19.7. The van der Waals surface area contributed by atoms with Gasteiger partial charge in [-0.25, -0.2) is 4.98 Å². The summed E-state index contributed by atoms with van der Waals surface area (Å²) < 4.78 is 2.59. The lowest BCUT2D eigenvalue weighted by atomic mass is 10.1. The van der Waals surface area contributed by atoms with Gasteiger partial charge in [0.05, 0.1) is 16.4 Å². The number of aromatic nitrogens is 4. The minimum absolute atomic E-state index is 0.521. The van der Waals surface area contributed by atoms with E-state index >= 15 is 0 Å². The van der Waals surface area contributed by atoms with Crippen molar-refractivity contribution in [3.05, 3.63) is 85.8 Å². The van der Waals surface area contributed by atoms with Gasteiger partial charge in [0, 0.05) is 41.0 Å². The van der Waals surface area contributed by atoms with Crippen LogP contribution in [-0.4, -0.2) is 19.6 Å². The summed E-state index contributed by atoms with van der Waals surface area (Å²) in [6.45, 7) is 2.59. The zero-order valence-corrected chi connectivity index (χ0v) is 18.1. The molecule has 0 aliphatic heterocycles. The Bertz CT molecular complexity index is 1120. The number of nitrogens with zero attached hydrogens (tertiary/aromatic N) is 4. The van der Waals surface area contributed by atoms with Crippen molar-refractivity contribution in [3.8, 4) is 0 Å². The van der Waals surface area contributed by atoms with E-state index in [0.717, 1.165) is 38.5 Å². The second kappa shape index (κ2) is 8.07. The Labute approximate surface area is 180 Å². The van der Waals surface area contributed by atoms with Gasteiger partial charge in [0.1, 0.15) is 5.82 Å². The first-order valence-corrected chi connectivity index (χ1v) is 10.2. The van der Waals surface area contributed by atoms with Crippen molar-refractivity contribution in [3.63, 3.8) is 0 Å². The zero-order valence-electron chi connectivity index (χ0n) is 15.0. The molecule has 4 aromatic rings. The van der Waals surface area contributed by atoms with Crippen LogP contribution < -0.4 is 5.32 Å². The second-order valence-corrected chi connectivity index (χ2v) is 8.07. The molecule has 3 heterocycles. The van der Waals surface area contributed by atoms with E-state index in [1.807, 2.05) is 43.5 Å². The Morgan fingerprint density at radius 1 is 1.11 bits per heavy atom. The van der Waals surface area contributed by atoms with E-state index in [4.69, 9.17) is 28.2 Å². The maximum atomic E-state index is 6.34. The van der Waals surface area contributed by atoms with Crippen LogP contribution in [0.2, 0.25) is 10.0 Å². The van der Waals surface area contributed by atoms with Gasteiger partial charge in [0.15, 0.2) is 5.65 Å². The quantitative estimate of drug-likeness (QED) is 0.401. The smallest absolute Gasteiger partial charge is 0.171 e. The lowest BCUT2D eigenvalue weighted by Gasteiger charge is -2.12. The number of fused-ring (bicyclic) bond motifs is 1. The van der Waals surface area contributed by atoms with Crippen molar-refractivity contribution < 1.29 is 0 Å². The highest BCUT2D eigenvalue weighted by Crippen LogP contribution is 2.28. The Morgan fingerprint density at radius 2 is 1.89 bits per heavy atom. The molecule has 4 rings (SSSR count). The molecular formula is C20H16BrCl2N5. The van der Waals surface area contributed by atoms with Crippen LogP contribution in [0.15, 0.2) is 53.3 Å². The fraction of sp³-hybridized carbons (Fsp3) is 0.150. The highest BCUT2D eigenvalue weighted by Gasteiger charge is 2.13. The first kappa shape index (κ1) is 19.2. The fourth-order valence-corrected chi connectivity index (χ4v) is 3.76. The highest BCUT2D eigenvalue weighted by molar-refractivity contribution is 9.10. The Morgan fingerprint density at radius 3 is 2.61 bits per heavy atom. The standard InChI is InChI=1S/C20H16BrCl2N5/c1-12-5-6-13(9-24-12)10-25-19-8-14(27-20-16(21)11-26-28(19)20)7-15-17(22)3-2-4-18(15)23/h2-6,8-9,11,25H,7,10H2,1H3. The molecule has 0 aliphatic carbocycles. The van der Waals surface area contributed by atoms with Crippen molar-refractivity contribution in [2.24, 2.45) is 0 Å². The van der Waals surface area contributed by atoms with Crippen molar-refractivity contribution in [1.82, 2.24) is 19.6 Å². The van der Waals surface area contributed by atoms with Gasteiger partial charge in [-0.05, 0) is 52.2 Å². The molecule has 8 heteroatoms. The van der Waals surface area contributed by atoms with Crippen LogP contribution in [-0.2, 0) is 13.0 Å². The normalized spacial score (nSPS) is 11.1. The molecule has 0 aliphatic rings. The van der Waals surface area contributed by atoms with Gasteiger partial charge in [-0.2, -0.15) is 9.61 Å². The third kappa shape index (κ3) is 3.99. The van der Waals surface area contributed by atoms with Crippen LogP contribution in [0, 0.1) is 6.92 Å². The van der Waals surface area contributed by atoms with Gasteiger partial charge in [0.2, 0.25) is 0 Å². The van der Waals surface area contributed by atoms with Crippen molar-refractivity contribution >= 4 is 50.6 Å². The SMILES string of the molecule is Cc1ccc(CNc2cc(Cc3c(Cl)cccc3Cl)nc3c(Br)cnn23)cn1. The number of aryl methyl sites for hydroxylation is 1. The molecule has 142 valence electrons. The van der Waals surface area contributed by atoms with E-state index in [1.54, 1.807) is 10.7 Å². The molecule has 1 N–H and O–H groups in total. The third-order valence-electron chi connectivity index (χ3n) is 4.35. The second-order valence-electron chi connectivity index (χ2n) is 6.40. The van der Waals surface area contributed by atoms with Crippen molar-refractivity contribution in [2.45, 2.75) is 19.9 Å². The summed E-state index contributed by atoms with van der Waals surface area (Å²) >= 11 is 16.2. The molecule has 0 unspecified atom stereocenters. The molecule has 0 amide bonds. The summed E-state index contributed by atoms with van der Waals surface area (Å²) in [7, 11) is 0. The average Bonchev–Trinajstić information content (AvgIpc) is 3.05. The Balaban J connectivity index is 1.68. The first-order valence-electron chi connectivity index (χ1n) is 8.62. The number of hydrogen-bond donors (Lipinski definition) is 1. The van der Waals surface area contributed by atoms with E-state index in [2.05, 4.69) is 37.4 Å². The monoisotopic (exact) mass is 475 g/mol. The van der Waals surface area contributed by atoms with Gasteiger partial charge in [-0.15, -0.1) is 0 Å². The summed E-state index contributed by atoms with van der Waals surface area (Å²) in [5.74, 6) is 0.828. The van der Waals surface area contributed by atoms with Crippen LogP contribution in [0.3, 0.4) is 0 Å². The van der Waals surface area contributed by atoms with Crippen LogP contribution in [0.4, 0.5) is 5.82 Å². The maximum Gasteiger partial charge on any atom is 0.171 e. The number of hydrogen-bond acceptors (Lipinski definition) is 4. The van der Waals surface area contributed by atoms with Crippen molar-refractivity contribution in [1.29, 1.82) is 0 Å². The lowest BCUT2D eigenvalue weighted by molar-refractivity contribution is 0.906. The number of anilines is 1. The van der Waals surface area contributed by atoms with E-state index in [-0.39, 0.29) is 0 Å². The molecule has 0 fully saturated rings. The van der Waals surface area contributed by atoms with Gasteiger partial charge in [-0.1, -0.05) is 35.3 Å². The summed E-state index contributed by atoms with van der Waals surface area (Å²) in [4.78, 5) is 9.06. The molecule has 0 saturated carbocycles. The molecular weight excluding hydrogens is 461 g/mol. The minimum atomic E-state index is 0.521. The maximum absolute atomic E-state index is 6.34. The Hall–Kier alpha value is -2.15. The predicted octanol–water partition coefficient (Wildman–Crippen LogP) is 5.70. The number of pyridine rings is 1. The largest absolute Gasteiger partial charge is 0.366 e.